The molecule has 0 aromatic heterocycles. The van der Waals surface area contributed by atoms with Gasteiger partial charge in [-0.25, -0.2) is 0 Å². The number of fused-ring (bicyclic) bond motifs is 1. The number of aromatic hydroxyl groups is 1. The first-order chi connectivity index (χ1) is 15.3. The summed E-state index contributed by atoms with van der Waals surface area (Å²) >= 11 is 0. The molecule has 1 aliphatic rings. The average Bonchev–Trinajstić information content (AvgIpc) is 2.66. The second-order valence-corrected chi connectivity index (χ2v) is 6.50. The Morgan fingerprint density at radius 1 is 1.44 bits per heavy atom. The minimum absolute atomic E-state index is 0.122. The molecule has 1 aromatic rings. The van der Waals surface area contributed by atoms with E-state index >= 15 is 0 Å². The van der Waals surface area contributed by atoms with Crippen molar-refractivity contribution in [1.29, 1.82) is 0 Å². The standard InChI is InChI=1S/C22H30O3/c1-5-6-7-10-17-14-20-18(21(24)19(17)15-23)11-13-22(4,25-20)12-8-9-16(2)3/h9,11,13-15,24H,5-8,10,12H2,1-4H3/i1D3,5D2,6D2,7D2. The predicted molar refractivity (Wildman–Crippen MR) is 103 cm³/mol. The van der Waals surface area contributed by atoms with E-state index in [-0.39, 0.29) is 22.4 Å². The van der Waals surface area contributed by atoms with E-state index < -0.39 is 43.7 Å². The number of aryl methyl sites for hydroxylation is 1. The number of hydrogen-bond donors (Lipinski definition) is 1. The lowest BCUT2D eigenvalue weighted by atomic mass is 9.91. The molecular formula is C22H30O3. The van der Waals surface area contributed by atoms with Gasteiger partial charge in [-0.2, -0.15) is 0 Å². The second-order valence-electron chi connectivity index (χ2n) is 6.50. The van der Waals surface area contributed by atoms with Crippen LogP contribution in [0.1, 0.15) is 93.4 Å². The number of benzene rings is 1. The van der Waals surface area contributed by atoms with E-state index in [9.17, 15) is 9.90 Å². The fourth-order valence-electron chi connectivity index (χ4n) is 2.76. The number of rotatable bonds is 8. The van der Waals surface area contributed by atoms with E-state index in [0.717, 1.165) is 12.0 Å². The summed E-state index contributed by atoms with van der Waals surface area (Å²) in [5, 5.41) is 10.7. The van der Waals surface area contributed by atoms with Crippen LogP contribution in [0.3, 0.4) is 0 Å². The molecule has 3 heteroatoms. The maximum Gasteiger partial charge on any atom is 0.154 e. The summed E-state index contributed by atoms with van der Waals surface area (Å²) in [6.07, 6.45) is -3.89. The third kappa shape index (κ3) is 4.75. The van der Waals surface area contributed by atoms with Crippen LogP contribution in [0.15, 0.2) is 23.8 Å². The maximum absolute atomic E-state index is 11.7. The van der Waals surface area contributed by atoms with Gasteiger partial charge in [0, 0.05) is 12.3 Å². The Hall–Kier alpha value is -2.03. The zero-order valence-electron chi connectivity index (χ0n) is 23.8. The van der Waals surface area contributed by atoms with E-state index in [2.05, 4.69) is 0 Å². The van der Waals surface area contributed by atoms with E-state index in [1.807, 2.05) is 26.8 Å². The summed E-state index contributed by atoms with van der Waals surface area (Å²) < 4.78 is 76.2. The van der Waals surface area contributed by atoms with Crippen LogP contribution in [0.2, 0.25) is 0 Å². The first-order valence-electron chi connectivity index (χ1n) is 12.7. The molecule has 1 atom stereocenters. The van der Waals surface area contributed by atoms with Crippen molar-refractivity contribution in [2.75, 3.05) is 0 Å². The summed E-state index contributed by atoms with van der Waals surface area (Å²) in [6.45, 7) is 2.35. The van der Waals surface area contributed by atoms with Crippen LogP contribution in [0.4, 0.5) is 0 Å². The highest BCUT2D eigenvalue weighted by atomic mass is 16.5. The third-order valence-electron chi connectivity index (χ3n) is 4.11. The predicted octanol–water partition coefficient (Wildman–Crippen LogP) is 5.85. The Labute approximate surface area is 164 Å². The van der Waals surface area contributed by atoms with E-state index in [0.29, 0.717) is 12.7 Å². The van der Waals surface area contributed by atoms with Crippen molar-refractivity contribution in [1.82, 2.24) is 0 Å². The van der Waals surface area contributed by atoms with Crippen molar-refractivity contribution in [2.45, 2.75) is 71.6 Å². The summed E-state index contributed by atoms with van der Waals surface area (Å²) in [4.78, 5) is 11.7. The lowest BCUT2D eigenvalue weighted by Crippen LogP contribution is -2.31. The van der Waals surface area contributed by atoms with Crippen molar-refractivity contribution in [2.24, 2.45) is 0 Å². The number of ether oxygens (including phenoxy) is 1. The van der Waals surface area contributed by atoms with Crippen LogP contribution in [0.25, 0.3) is 6.08 Å². The quantitative estimate of drug-likeness (QED) is 0.472. The number of aldehydes is 1. The van der Waals surface area contributed by atoms with Gasteiger partial charge in [-0.15, -0.1) is 0 Å². The van der Waals surface area contributed by atoms with Gasteiger partial charge >= 0.3 is 0 Å². The molecule has 0 amide bonds. The Morgan fingerprint density at radius 3 is 2.92 bits per heavy atom. The molecule has 25 heavy (non-hydrogen) atoms. The SMILES string of the molecule is [2H]C([2H])([2H])C([2H])([2H])C([2H])([2H])C([2H])([2H])Cc1cc2c(c(O)c1C=O)C=CC(C)(CCC=C(C)C)O2. The van der Waals surface area contributed by atoms with Gasteiger partial charge in [0.1, 0.15) is 17.1 Å². The van der Waals surface area contributed by atoms with Crippen LogP contribution < -0.4 is 4.74 Å². The summed E-state index contributed by atoms with van der Waals surface area (Å²) in [6, 6.07) is 1.32. The number of carbonyl (C=O) groups is 1. The van der Waals surface area contributed by atoms with Crippen LogP contribution >= 0.6 is 0 Å². The van der Waals surface area contributed by atoms with Gasteiger partial charge in [0.25, 0.3) is 0 Å². The molecule has 0 spiro atoms. The average molecular weight is 352 g/mol. The monoisotopic (exact) mass is 351 g/mol. The van der Waals surface area contributed by atoms with Crippen molar-refractivity contribution >= 4 is 12.4 Å². The first kappa shape index (κ1) is 10.2. The molecule has 1 heterocycles. The van der Waals surface area contributed by atoms with Crippen LogP contribution in [-0.2, 0) is 6.42 Å². The Morgan fingerprint density at radius 2 is 2.24 bits per heavy atom. The van der Waals surface area contributed by atoms with Gasteiger partial charge in [0.15, 0.2) is 6.29 Å². The fourth-order valence-corrected chi connectivity index (χ4v) is 2.76. The highest BCUT2D eigenvalue weighted by molar-refractivity contribution is 5.86. The van der Waals surface area contributed by atoms with Gasteiger partial charge in [0.05, 0.1) is 11.1 Å². The van der Waals surface area contributed by atoms with E-state index in [1.54, 1.807) is 12.2 Å². The zero-order chi connectivity index (χ0) is 26.3. The lowest BCUT2D eigenvalue weighted by molar-refractivity contribution is 0.111. The molecule has 1 aliphatic heterocycles. The van der Waals surface area contributed by atoms with Crippen molar-refractivity contribution in [3.63, 3.8) is 0 Å². The molecule has 2 rings (SSSR count). The Balaban J connectivity index is 2.50. The molecule has 1 unspecified atom stereocenters. The molecule has 136 valence electrons. The van der Waals surface area contributed by atoms with Crippen LogP contribution in [0.5, 0.6) is 11.5 Å². The normalized spacial score (nSPS) is 26.0. The molecule has 0 saturated carbocycles. The Bertz CT molecular complexity index is 1010. The van der Waals surface area contributed by atoms with Gasteiger partial charge < -0.3 is 9.84 Å². The Kier molecular flexibility index (Phi) is 3.42. The molecule has 0 radical (unpaired) electrons. The summed E-state index contributed by atoms with van der Waals surface area (Å²) in [5.74, 6) is -0.309. The van der Waals surface area contributed by atoms with Crippen LogP contribution in [-0.4, -0.2) is 17.0 Å². The molecule has 3 nitrogen and oxygen atoms in total. The van der Waals surface area contributed by atoms with Gasteiger partial charge in [0.2, 0.25) is 0 Å². The summed E-state index contributed by atoms with van der Waals surface area (Å²) in [5.41, 5.74) is 0.190. The number of phenols is 1. The largest absolute Gasteiger partial charge is 0.506 e. The number of hydrogen-bond acceptors (Lipinski definition) is 3. The van der Waals surface area contributed by atoms with Crippen molar-refractivity contribution in [3.05, 3.63) is 40.5 Å². The van der Waals surface area contributed by atoms with E-state index in [1.165, 1.54) is 6.07 Å². The first-order valence-corrected chi connectivity index (χ1v) is 8.15. The number of allylic oxidation sites excluding steroid dienone is 2. The molecule has 0 aliphatic carbocycles. The van der Waals surface area contributed by atoms with Gasteiger partial charge in [-0.1, -0.05) is 31.2 Å². The molecule has 0 saturated heterocycles. The maximum atomic E-state index is 11.7. The second kappa shape index (κ2) is 8.37. The van der Waals surface area contributed by atoms with E-state index in [4.69, 9.17) is 17.1 Å². The van der Waals surface area contributed by atoms with Crippen molar-refractivity contribution < 1.29 is 27.0 Å². The lowest BCUT2D eigenvalue weighted by Gasteiger charge is -2.32. The smallest absolute Gasteiger partial charge is 0.154 e. The van der Waals surface area contributed by atoms with Crippen molar-refractivity contribution in [3.8, 4) is 11.5 Å². The van der Waals surface area contributed by atoms with Gasteiger partial charge in [-0.05, 0) is 70.2 Å². The topological polar surface area (TPSA) is 46.5 Å². The molecule has 1 aromatic carbocycles. The van der Waals surface area contributed by atoms with Crippen LogP contribution in [0, 0.1) is 0 Å². The molecular weight excluding hydrogens is 312 g/mol. The summed E-state index contributed by atoms with van der Waals surface area (Å²) in [7, 11) is 0. The molecule has 0 fully saturated rings. The number of carbonyl (C=O) groups excluding carboxylic acids is 1. The fraction of sp³-hybridized carbons (Fsp3) is 0.500. The number of phenolic OH excluding ortho intramolecular Hbond substituents is 1. The third-order valence-corrected chi connectivity index (χ3v) is 4.11. The van der Waals surface area contributed by atoms with Gasteiger partial charge in [-0.3, -0.25) is 4.79 Å². The highest BCUT2D eigenvalue weighted by Gasteiger charge is 2.29. The molecule has 0 bridgehead atoms. The zero-order valence-corrected chi connectivity index (χ0v) is 14.8. The highest BCUT2D eigenvalue weighted by Crippen LogP contribution is 2.41. The minimum atomic E-state index is -3.52. The molecule has 1 N–H and O–H groups in total. The minimum Gasteiger partial charge on any atom is -0.506 e.